The van der Waals surface area contributed by atoms with Crippen LogP contribution >= 0.6 is 0 Å². The Labute approximate surface area is 179 Å². The molecule has 1 aliphatic rings. The van der Waals surface area contributed by atoms with Crippen LogP contribution in [-0.4, -0.2) is 56.9 Å². The number of sulfonamides is 1. The predicted octanol–water partition coefficient (Wildman–Crippen LogP) is 2.92. The Morgan fingerprint density at radius 2 is 1.73 bits per heavy atom. The van der Waals surface area contributed by atoms with Crippen molar-refractivity contribution in [3.8, 4) is 0 Å². The Balaban J connectivity index is 1.55. The molecule has 0 saturated carbocycles. The number of morpholine rings is 1. The molecule has 0 aromatic heterocycles. The summed E-state index contributed by atoms with van der Waals surface area (Å²) in [6.07, 6.45) is 0.963. The van der Waals surface area contributed by atoms with Gasteiger partial charge in [0.25, 0.3) is 0 Å². The maximum absolute atomic E-state index is 12.7. The largest absolute Gasteiger partial charge is 0.379 e. The maximum Gasteiger partial charge on any atom is 0.243 e. The summed E-state index contributed by atoms with van der Waals surface area (Å²) < 4.78 is 32.1. The number of hydrogen-bond donors (Lipinski definition) is 0. The highest BCUT2D eigenvalue weighted by Gasteiger charge is 2.26. The van der Waals surface area contributed by atoms with Gasteiger partial charge in [-0.15, -0.1) is 0 Å². The maximum atomic E-state index is 12.7. The lowest BCUT2D eigenvalue weighted by molar-refractivity contribution is -0.130. The van der Waals surface area contributed by atoms with Crippen molar-refractivity contribution in [2.45, 2.75) is 38.1 Å². The first kappa shape index (κ1) is 22.5. The van der Waals surface area contributed by atoms with Gasteiger partial charge in [-0.3, -0.25) is 4.79 Å². The molecule has 1 heterocycles. The number of aryl methyl sites for hydroxylation is 3. The van der Waals surface area contributed by atoms with Crippen LogP contribution in [0.5, 0.6) is 0 Å². The number of amides is 1. The van der Waals surface area contributed by atoms with Crippen LogP contribution in [0.2, 0.25) is 0 Å². The molecule has 30 heavy (non-hydrogen) atoms. The average Bonchev–Trinajstić information content (AvgIpc) is 2.75. The van der Waals surface area contributed by atoms with Crippen LogP contribution in [0.15, 0.2) is 47.4 Å². The van der Waals surface area contributed by atoms with Crippen molar-refractivity contribution in [1.82, 2.24) is 9.21 Å². The fourth-order valence-electron chi connectivity index (χ4n) is 3.57. The average molecular weight is 431 g/mol. The molecule has 0 radical (unpaired) electrons. The Bertz CT molecular complexity index is 981. The zero-order valence-electron chi connectivity index (χ0n) is 17.9. The fourth-order valence-corrected chi connectivity index (χ4v) is 4.98. The monoisotopic (exact) mass is 430 g/mol. The van der Waals surface area contributed by atoms with Crippen LogP contribution in [0, 0.1) is 13.8 Å². The highest BCUT2D eigenvalue weighted by Crippen LogP contribution is 2.19. The van der Waals surface area contributed by atoms with E-state index in [4.69, 9.17) is 4.74 Å². The molecule has 2 aromatic carbocycles. The van der Waals surface area contributed by atoms with E-state index in [1.165, 1.54) is 15.4 Å². The molecule has 0 aliphatic carbocycles. The minimum Gasteiger partial charge on any atom is -0.379 e. The summed E-state index contributed by atoms with van der Waals surface area (Å²) in [5.41, 5.74) is 4.49. The predicted molar refractivity (Wildman–Crippen MR) is 117 cm³/mol. The highest BCUT2D eigenvalue weighted by atomic mass is 32.2. The molecular formula is C23H30N2O4S. The fraction of sp³-hybridized carbons (Fsp3) is 0.435. The van der Waals surface area contributed by atoms with Crippen molar-refractivity contribution in [3.05, 3.63) is 64.7 Å². The van der Waals surface area contributed by atoms with Gasteiger partial charge in [0, 0.05) is 33.1 Å². The van der Waals surface area contributed by atoms with E-state index in [0.717, 1.165) is 11.1 Å². The van der Waals surface area contributed by atoms with Crippen LogP contribution in [0.4, 0.5) is 0 Å². The Morgan fingerprint density at radius 1 is 1.07 bits per heavy atom. The Hall–Kier alpha value is -2.22. The number of carbonyl (C=O) groups excluding carboxylic acids is 1. The van der Waals surface area contributed by atoms with Gasteiger partial charge >= 0.3 is 0 Å². The molecule has 0 bridgehead atoms. The van der Waals surface area contributed by atoms with Gasteiger partial charge in [-0.2, -0.15) is 4.31 Å². The molecule has 3 rings (SSSR count). The Kier molecular flexibility index (Phi) is 7.28. The first-order chi connectivity index (χ1) is 14.3. The molecule has 0 atom stereocenters. The van der Waals surface area contributed by atoms with Crippen LogP contribution in [-0.2, 0) is 32.5 Å². The van der Waals surface area contributed by atoms with Gasteiger partial charge in [-0.1, -0.05) is 35.9 Å². The van der Waals surface area contributed by atoms with E-state index in [2.05, 4.69) is 32.0 Å². The van der Waals surface area contributed by atoms with Crippen molar-refractivity contribution in [2.24, 2.45) is 0 Å². The molecule has 7 heteroatoms. The summed E-state index contributed by atoms with van der Waals surface area (Å²) in [5, 5.41) is 0. The topological polar surface area (TPSA) is 66.9 Å². The molecule has 0 unspecified atom stereocenters. The summed E-state index contributed by atoms with van der Waals surface area (Å²) in [5.74, 6) is 0.0694. The molecular weight excluding hydrogens is 400 g/mol. The summed E-state index contributed by atoms with van der Waals surface area (Å²) >= 11 is 0. The molecule has 1 amide bonds. The highest BCUT2D eigenvalue weighted by molar-refractivity contribution is 7.89. The minimum atomic E-state index is -3.49. The third kappa shape index (κ3) is 5.47. The second-order valence-electron chi connectivity index (χ2n) is 7.84. The Morgan fingerprint density at radius 3 is 2.37 bits per heavy atom. The van der Waals surface area contributed by atoms with Crippen molar-refractivity contribution in [3.63, 3.8) is 0 Å². The normalized spacial score (nSPS) is 15.2. The van der Waals surface area contributed by atoms with Crippen LogP contribution in [0.25, 0.3) is 0 Å². The van der Waals surface area contributed by atoms with E-state index in [1.54, 1.807) is 29.2 Å². The lowest BCUT2D eigenvalue weighted by Gasteiger charge is -2.26. The van der Waals surface area contributed by atoms with Gasteiger partial charge < -0.3 is 9.64 Å². The number of carbonyl (C=O) groups is 1. The smallest absolute Gasteiger partial charge is 0.243 e. The number of benzene rings is 2. The zero-order valence-corrected chi connectivity index (χ0v) is 18.7. The molecule has 1 aliphatic heterocycles. The second-order valence-corrected chi connectivity index (χ2v) is 9.78. The number of ether oxygens (including phenoxy) is 1. The van der Waals surface area contributed by atoms with Crippen molar-refractivity contribution < 1.29 is 17.9 Å². The van der Waals surface area contributed by atoms with Gasteiger partial charge in [0.15, 0.2) is 0 Å². The zero-order chi connectivity index (χ0) is 21.7. The minimum absolute atomic E-state index is 0.0694. The van der Waals surface area contributed by atoms with Gasteiger partial charge in [-0.05, 0) is 49.1 Å². The lowest BCUT2D eigenvalue weighted by Crippen LogP contribution is -2.40. The molecule has 162 valence electrons. The van der Waals surface area contributed by atoms with Gasteiger partial charge in [0.1, 0.15) is 0 Å². The second kappa shape index (κ2) is 9.73. The van der Waals surface area contributed by atoms with Crippen molar-refractivity contribution in [2.75, 3.05) is 33.4 Å². The van der Waals surface area contributed by atoms with Gasteiger partial charge in [-0.25, -0.2) is 8.42 Å². The first-order valence-corrected chi connectivity index (χ1v) is 11.7. The number of nitrogens with zero attached hydrogens (tertiary/aromatic N) is 2. The number of rotatable bonds is 7. The third-order valence-corrected chi connectivity index (χ3v) is 7.40. The molecule has 1 saturated heterocycles. The molecule has 1 fully saturated rings. The van der Waals surface area contributed by atoms with E-state index in [1.807, 2.05) is 7.05 Å². The van der Waals surface area contributed by atoms with E-state index in [0.29, 0.717) is 45.7 Å². The third-order valence-electron chi connectivity index (χ3n) is 5.49. The standard InChI is InChI=1S/C23H30N2O4S/c1-18-4-8-21(19(2)16-18)17-24(3)23(26)11-7-20-5-9-22(10-6-20)30(27,28)25-12-14-29-15-13-25/h4-6,8-10,16H,7,11-15,17H2,1-3H3. The van der Waals surface area contributed by atoms with Gasteiger partial charge in [0.05, 0.1) is 18.1 Å². The summed E-state index contributed by atoms with van der Waals surface area (Å²) in [6.45, 7) is 6.32. The molecule has 0 N–H and O–H groups in total. The summed E-state index contributed by atoms with van der Waals surface area (Å²) in [6, 6.07) is 13.1. The quantitative estimate of drug-likeness (QED) is 0.677. The van der Waals surface area contributed by atoms with E-state index in [-0.39, 0.29) is 10.8 Å². The first-order valence-electron chi connectivity index (χ1n) is 10.2. The van der Waals surface area contributed by atoms with E-state index >= 15 is 0 Å². The molecule has 6 nitrogen and oxygen atoms in total. The van der Waals surface area contributed by atoms with E-state index in [9.17, 15) is 13.2 Å². The SMILES string of the molecule is Cc1ccc(CN(C)C(=O)CCc2ccc(S(=O)(=O)N3CCOCC3)cc2)c(C)c1. The number of hydrogen-bond acceptors (Lipinski definition) is 4. The van der Waals surface area contributed by atoms with Crippen molar-refractivity contribution in [1.29, 1.82) is 0 Å². The molecule has 2 aromatic rings. The molecule has 0 spiro atoms. The van der Waals surface area contributed by atoms with Crippen LogP contribution < -0.4 is 0 Å². The summed E-state index contributed by atoms with van der Waals surface area (Å²) in [4.78, 5) is 14.6. The van der Waals surface area contributed by atoms with Crippen LogP contribution in [0.3, 0.4) is 0 Å². The van der Waals surface area contributed by atoms with E-state index < -0.39 is 10.0 Å². The lowest BCUT2D eigenvalue weighted by atomic mass is 10.0. The van der Waals surface area contributed by atoms with Gasteiger partial charge in [0.2, 0.25) is 15.9 Å². The van der Waals surface area contributed by atoms with Crippen molar-refractivity contribution >= 4 is 15.9 Å². The summed E-state index contributed by atoms with van der Waals surface area (Å²) in [7, 11) is -1.67. The van der Waals surface area contributed by atoms with Crippen LogP contribution in [0.1, 0.15) is 28.7 Å².